The van der Waals surface area contributed by atoms with E-state index in [9.17, 15) is 0 Å². The Hall–Kier alpha value is -1.97. The van der Waals surface area contributed by atoms with Gasteiger partial charge in [-0.1, -0.05) is 27.4 Å². The normalized spacial score (nSPS) is 15.4. The van der Waals surface area contributed by atoms with Crippen LogP contribution in [-0.2, 0) is 0 Å². The van der Waals surface area contributed by atoms with Crippen molar-refractivity contribution < 1.29 is 0 Å². The standard InChI is InChI=1S/C19H30N4/c1-6-13-21(14-7-2)18-9-11-19(12-10-18)22-15-20-23(17(22)5)16(4)8-3/h9-12,15-16H,5-8,13-14H2,1-4H3. The number of nitrogens with zero attached hydrogens (tertiary/aromatic N) is 4. The van der Waals surface area contributed by atoms with Crippen molar-refractivity contribution in [3.8, 4) is 0 Å². The van der Waals surface area contributed by atoms with Gasteiger partial charge in [-0.3, -0.25) is 4.90 Å². The maximum atomic E-state index is 4.49. The minimum absolute atomic E-state index is 0.368. The van der Waals surface area contributed by atoms with E-state index in [1.54, 1.807) is 0 Å². The Bertz CT molecular complexity index is 529. The highest BCUT2D eigenvalue weighted by molar-refractivity contribution is 5.85. The molecular formula is C19H30N4. The van der Waals surface area contributed by atoms with Crippen LogP contribution in [0.3, 0.4) is 0 Å². The zero-order valence-electron chi connectivity index (χ0n) is 15.0. The maximum Gasteiger partial charge on any atom is 0.128 e. The van der Waals surface area contributed by atoms with Crippen LogP contribution in [0.4, 0.5) is 11.4 Å². The van der Waals surface area contributed by atoms with E-state index in [0.29, 0.717) is 6.04 Å². The lowest BCUT2D eigenvalue weighted by Crippen LogP contribution is -2.29. The molecule has 0 saturated carbocycles. The molecular weight excluding hydrogens is 284 g/mol. The van der Waals surface area contributed by atoms with Crippen molar-refractivity contribution in [3.05, 3.63) is 36.7 Å². The molecule has 0 saturated heterocycles. The highest BCUT2D eigenvalue weighted by atomic mass is 15.6. The van der Waals surface area contributed by atoms with Crippen molar-refractivity contribution in [2.45, 2.75) is 53.0 Å². The highest BCUT2D eigenvalue weighted by Crippen LogP contribution is 2.28. The molecule has 0 aromatic heterocycles. The van der Waals surface area contributed by atoms with Crippen molar-refractivity contribution in [1.29, 1.82) is 0 Å². The molecule has 2 rings (SSSR count). The van der Waals surface area contributed by atoms with Crippen LogP contribution in [0, 0.1) is 0 Å². The Kier molecular flexibility index (Phi) is 6.08. The minimum Gasteiger partial charge on any atom is -0.372 e. The fourth-order valence-electron chi connectivity index (χ4n) is 2.84. The van der Waals surface area contributed by atoms with Crippen LogP contribution in [0.15, 0.2) is 41.8 Å². The van der Waals surface area contributed by atoms with Gasteiger partial charge in [0.2, 0.25) is 0 Å². The molecule has 4 nitrogen and oxygen atoms in total. The Morgan fingerprint density at radius 2 is 1.70 bits per heavy atom. The van der Waals surface area contributed by atoms with Gasteiger partial charge in [0.1, 0.15) is 12.2 Å². The molecule has 1 atom stereocenters. The predicted molar refractivity (Wildman–Crippen MR) is 101 cm³/mol. The summed E-state index contributed by atoms with van der Waals surface area (Å²) in [5, 5.41) is 6.48. The van der Waals surface area contributed by atoms with E-state index in [-0.39, 0.29) is 0 Å². The average molecular weight is 314 g/mol. The third kappa shape index (κ3) is 3.87. The van der Waals surface area contributed by atoms with Crippen LogP contribution in [0.25, 0.3) is 0 Å². The van der Waals surface area contributed by atoms with E-state index >= 15 is 0 Å². The highest BCUT2D eigenvalue weighted by Gasteiger charge is 2.24. The van der Waals surface area contributed by atoms with Gasteiger partial charge in [0.25, 0.3) is 0 Å². The number of hydrazone groups is 1. The number of hydrogen-bond donors (Lipinski definition) is 0. The SMILES string of the molecule is C=C1N(c2ccc(N(CCC)CCC)cc2)C=NN1C(C)CC. The Morgan fingerprint density at radius 3 is 2.22 bits per heavy atom. The van der Waals surface area contributed by atoms with Gasteiger partial charge in [0.15, 0.2) is 0 Å². The third-order valence-corrected chi connectivity index (χ3v) is 4.32. The van der Waals surface area contributed by atoms with Gasteiger partial charge in [0.05, 0.1) is 6.04 Å². The topological polar surface area (TPSA) is 22.1 Å². The van der Waals surface area contributed by atoms with Gasteiger partial charge in [-0.2, -0.15) is 5.10 Å². The first-order chi connectivity index (χ1) is 11.1. The van der Waals surface area contributed by atoms with E-state index < -0.39 is 0 Å². The zero-order valence-corrected chi connectivity index (χ0v) is 15.0. The first-order valence-corrected chi connectivity index (χ1v) is 8.78. The second-order valence-electron chi connectivity index (χ2n) is 6.12. The van der Waals surface area contributed by atoms with Crippen LogP contribution >= 0.6 is 0 Å². The monoisotopic (exact) mass is 314 g/mol. The first-order valence-electron chi connectivity index (χ1n) is 8.78. The smallest absolute Gasteiger partial charge is 0.128 e. The zero-order chi connectivity index (χ0) is 16.8. The number of anilines is 2. The lowest BCUT2D eigenvalue weighted by molar-refractivity contribution is 0.286. The van der Waals surface area contributed by atoms with Crippen LogP contribution in [-0.4, -0.2) is 30.5 Å². The lowest BCUT2D eigenvalue weighted by Gasteiger charge is -2.27. The molecule has 0 fully saturated rings. The Labute approximate surface area is 141 Å². The van der Waals surface area contributed by atoms with Crippen molar-refractivity contribution in [1.82, 2.24) is 5.01 Å². The molecule has 1 unspecified atom stereocenters. The summed E-state index contributed by atoms with van der Waals surface area (Å²) >= 11 is 0. The third-order valence-electron chi connectivity index (χ3n) is 4.32. The molecule has 1 aromatic rings. The summed E-state index contributed by atoms with van der Waals surface area (Å²) < 4.78 is 0. The van der Waals surface area contributed by atoms with Crippen LogP contribution in [0.2, 0.25) is 0 Å². The molecule has 0 aliphatic carbocycles. The Balaban J connectivity index is 2.11. The number of hydrogen-bond acceptors (Lipinski definition) is 4. The molecule has 1 aromatic carbocycles. The second-order valence-corrected chi connectivity index (χ2v) is 6.12. The summed E-state index contributed by atoms with van der Waals surface area (Å²) in [5.41, 5.74) is 2.40. The molecule has 23 heavy (non-hydrogen) atoms. The van der Waals surface area contributed by atoms with Crippen molar-refractivity contribution in [3.63, 3.8) is 0 Å². The molecule has 1 aliphatic heterocycles. The summed E-state index contributed by atoms with van der Waals surface area (Å²) in [6.45, 7) is 15.2. The molecule has 0 N–H and O–H groups in total. The summed E-state index contributed by atoms with van der Waals surface area (Å²) in [6.07, 6.45) is 5.24. The molecule has 1 heterocycles. The molecule has 1 aliphatic rings. The quantitative estimate of drug-likeness (QED) is 0.697. The molecule has 0 bridgehead atoms. The van der Waals surface area contributed by atoms with E-state index in [0.717, 1.165) is 31.0 Å². The molecule has 0 spiro atoms. The van der Waals surface area contributed by atoms with E-state index in [2.05, 4.69) is 73.4 Å². The van der Waals surface area contributed by atoms with Gasteiger partial charge in [-0.05, 0) is 50.5 Å². The molecule has 4 heteroatoms. The summed E-state index contributed by atoms with van der Waals surface area (Å²) in [5.74, 6) is 0.922. The molecule has 126 valence electrons. The van der Waals surface area contributed by atoms with Gasteiger partial charge in [-0.25, -0.2) is 5.01 Å². The second kappa shape index (κ2) is 8.04. The minimum atomic E-state index is 0.368. The fourth-order valence-corrected chi connectivity index (χ4v) is 2.84. The van der Waals surface area contributed by atoms with Crippen LogP contribution in [0.1, 0.15) is 47.0 Å². The number of rotatable bonds is 8. The van der Waals surface area contributed by atoms with Crippen molar-refractivity contribution in [2.24, 2.45) is 5.10 Å². The van der Waals surface area contributed by atoms with Gasteiger partial charge in [-0.15, -0.1) is 0 Å². The van der Waals surface area contributed by atoms with E-state index in [4.69, 9.17) is 0 Å². The Morgan fingerprint density at radius 1 is 1.09 bits per heavy atom. The van der Waals surface area contributed by atoms with Crippen LogP contribution in [0.5, 0.6) is 0 Å². The van der Waals surface area contributed by atoms with Crippen LogP contribution < -0.4 is 9.80 Å². The van der Waals surface area contributed by atoms with Crippen molar-refractivity contribution in [2.75, 3.05) is 22.9 Å². The van der Waals surface area contributed by atoms with Gasteiger partial charge in [0, 0.05) is 24.5 Å². The van der Waals surface area contributed by atoms with E-state index in [1.165, 1.54) is 18.5 Å². The largest absolute Gasteiger partial charge is 0.372 e. The molecule has 0 amide bonds. The van der Waals surface area contributed by atoms with Gasteiger partial charge < -0.3 is 4.90 Å². The molecule has 0 radical (unpaired) electrons. The van der Waals surface area contributed by atoms with Gasteiger partial charge >= 0.3 is 0 Å². The lowest BCUT2D eigenvalue weighted by atomic mass is 10.2. The summed E-state index contributed by atoms with van der Waals surface area (Å²) in [4.78, 5) is 4.50. The summed E-state index contributed by atoms with van der Waals surface area (Å²) in [7, 11) is 0. The first kappa shape index (κ1) is 17.4. The summed E-state index contributed by atoms with van der Waals surface area (Å²) in [6, 6.07) is 9.09. The predicted octanol–water partition coefficient (Wildman–Crippen LogP) is 4.65. The van der Waals surface area contributed by atoms with E-state index in [1.807, 2.05) is 11.3 Å². The number of benzene rings is 1. The maximum absolute atomic E-state index is 4.49. The average Bonchev–Trinajstić information content (AvgIpc) is 2.96. The fraction of sp³-hybridized carbons (Fsp3) is 0.526. The van der Waals surface area contributed by atoms with Crippen molar-refractivity contribution >= 4 is 17.7 Å².